The lowest BCUT2D eigenvalue weighted by atomic mass is 10.0. The van der Waals surface area contributed by atoms with Gasteiger partial charge in [-0.1, -0.05) is 129 Å². The summed E-state index contributed by atoms with van der Waals surface area (Å²) in [5.74, 6) is -0.733. The van der Waals surface area contributed by atoms with Gasteiger partial charge < -0.3 is 9.84 Å². The van der Waals surface area contributed by atoms with Crippen LogP contribution in [0.1, 0.15) is 194 Å². The number of hydrogen-bond acceptors (Lipinski definition) is 3. The molecule has 230 valence electrons. The molecule has 0 heterocycles. The van der Waals surface area contributed by atoms with Crippen LogP contribution in [0.25, 0.3) is 0 Å². The van der Waals surface area contributed by atoms with Crippen LogP contribution >= 0.6 is 0 Å². The van der Waals surface area contributed by atoms with Crippen LogP contribution in [-0.4, -0.2) is 23.1 Å². The number of carboxylic acids is 1. The third kappa shape index (κ3) is 31.1. The van der Waals surface area contributed by atoms with Crippen LogP contribution in [0.15, 0.2) is 12.2 Å². The zero-order chi connectivity index (χ0) is 28.7. The van der Waals surface area contributed by atoms with Gasteiger partial charge in [-0.05, 0) is 64.2 Å². The molecular weight excluding hydrogens is 484 g/mol. The minimum atomic E-state index is -0.712. The van der Waals surface area contributed by atoms with Crippen molar-refractivity contribution in [3.63, 3.8) is 0 Å². The van der Waals surface area contributed by atoms with Crippen molar-refractivity contribution in [3.8, 4) is 0 Å². The quantitative estimate of drug-likeness (QED) is 0.0529. The molecule has 1 atom stereocenters. The van der Waals surface area contributed by atoms with E-state index in [0.29, 0.717) is 6.42 Å². The number of allylic oxidation sites excluding steroid dienone is 2. The van der Waals surface area contributed by atoms with E-state index in [2.05, 4.69) is 26.0 Å². The zero-order valence-electron chi connectivity index (χ0n) is 26.2. The highest BCUT2D eigenvalue weighted by atomic mass is 16.5. The average molecular weight is 551 g/mol. The predicted octanol–water partition coefficient (Wildman–Crippen LogP) is 11.5. The molecule has 0 saturated heterocycles. The lowest BCUT2D eigenvalue weighted by Gasteiger charge is -2.18. The zero-order valence-corrected chi connectivity index (χ0v) is 26.2. The molecule has 1 N–H and O–H groups in total. The monoisotopic (exact) mass is 550 g/mol. The van der Waals surface area contributed by atoms with Crippen molar-refractivity contribution in [2.24, 2.45) is 0 Å². The van der Waals surface area contributed by atoms with Gasteiger partial charge in [-0.15, -0.1) is 0 Å². The van der Waals surface area contributed by atoms with Crippen molar-refractivity contribution in [1.29, 1.82) is 0 Å². The smallest absolute Gasteiger partial charge is 0.306 e. The minimum absolute atomic E-state index is 0.0218. The van der Waals surface area contributed by atoms with Crippen LogP contribution < -0.4 is 0 Å². The van der Waals surface area contributed by atoms with E-state index in [-0.39, 0.29) is 18.5 Å². The van der Waals surface area contributed by atoms with E-state index in [1.165, 1.54) is 109 Å². The van der Waals surface area contributed by atoms with Gasteiger partial charge in [0.05, 0.1) is 0 Å². The molecule has 0 aromatic heterocycles. The third-order valence-corrected chi connectivity index (χ3v) is 7.74. The molecule has 39 heavy (non-hydrogen) atoms. The first kappa shape index (κ1) is 37.7. The Hall–Kier alpha value is -1.32. The Balaban J connectivity index is 3.92. The van der Waals surface area contributed by atoms with Gasteiger partial charge in [0.2, 0.25) is 0 Å². The van der Waals surface area contributed by atoms with Crippen LogP contribution in [0.3, 0.4) is 0 Å². The minimum Gasteiger partial charge on any atom is -0.481 e. The topological polar surface area (TPSA) is 63.6 Å². The van der Waals surface area contributed by atoms with Gasteiger partial charge in [-0.2, -0.15) is 0 Å². The van der Waals surface area contributed by atoms with E-state index in [0.717, 1.165) is 57.8 Å². The standard InChI is InChI=1S/C35H66O4/c1-3-5-7-9-11-12-13-14-15-16-17-18-20-22-28-32-35(38)39-33(29-25-21-19-10-8-6-4-2)30-26-23-24-27-31-34(36)37/h14-15,33H,3-13,16-32H2,1-2H3,(H,36,37)/b15-14-. The number of aliphatic carboxylic acids is 1. The summed E-state index contributed by atoms with van der Waals surface area (Å²) in [6, 6.07) is 0. The van der Waals surface area contributed by atoms with Crippen molar-refractivity contribution >= 4 is 11.9 Å². The first-order valence-electron chi connectivity index (χ1n) is 17.2. The Kier molecular flexibility index (Phi) is 30.2. The molecule has 0 saturated carbocycles. The molecule has 4 heteroatoms. The molecule has 0 aromatic carbocycles. The molecule has 0 fully saturated rings. The summed E-state index contributed by atoms with van der Waals surface area (Å²) in [5.41, 5.74) is 0. The highest BCUT2D eigenvalue weighted by molar-refractivity contribution is 5.69. The Labute approximate surface area is 243 Å². The summed E-state index contributed by atoms with van der Waals surface area (Å²) < 4.78 is 5.92. The molecule has 0 aliphatic carbocycles. The number of esters is 1. The molecule has 0 aliphatic rings. The maximum Gasteiger partial charge on any atom is 0.306 e. The van der Waals surface area contributed by atoms with Crippen molar-refractivity contribution in [2.45, 2.75) is 200 Å². The van der Waals surface area contributed by atoms with E-state index in [4.69, 9.17) is 9.84 Å². The summed E-state index contributed by atoms with van der Waals surface area (Å²) in [5, 5.41) is 8.79. The van der Waals surface area contributed by atoms with Crippen LogP contribution in [0.4, 0.5) is 0 Å². The SMILES string of the molecule is CCCCCCCC/C=C\CCCCCCCC(=O)OC(CCCCCCCCC)CCCCCCC(=O)O. The summed E-state index contributed by atoms with van der Waals surface area (Å²) in [7, 11) is 0. The lowest BCUT2D eigenvalue weighted by molar-refractivity contribution is -0.150. The summed E-state index contributed by atoms with van der Waals surface area (Å²) >= 11 is 0. The van der Waals surface area contributed by atoms with Crippen molar-refractivity contribution in [2.75, 3.05) is 0 Å². The highest BCUT2D eigenvalue weighted by Gasteiger charge is 2.14. The summed E-state index contributed by atoms with van der Waals surface area (Å²) in [6.45, 7) is 4.52. The lowest BCUT2D eigenvalue weighted by Crippen LogP contribution is -2.18. The summed E-state index contributed by atoms with van der Waals surface area (Å²) in [6.07, 6.45) is 36.5. The second-order valence-corrected chi connectivity index (χ2v) is 11.7. The maximum absolute atomic E-state index is 12.5. The Bertz CT molecular complexity index is 557. The molecule has 4 nitrogen and oxygen atoms in total. The molecule has 0 radical (unpaired) electrons. The van der Waals surface area contributed by atoms with Crippen LogP contribution in [0.5, 0.6) is 0 Å². The van der Waals surface area contributed by atoms with Gasteiger partial charge >= 0.3 is 11.9 Å². The van der Waals surface area contributed by atoms with E-state index in [1.54, 1.807) is 0 Å². The van der Waals surface area contributed by atoms with E-state index >= 15 is 0 Å². The fraction of sp³-hybridized carbons (Fsp3) is 0.886. The number of unbranched alkanes of at least 4 members (excludes halogenated alkanes) is 20. The molecule has 0 amide bonds. The van der Waals surface area contributed by atoms with Gasteiger partial charge in [-0.3, -0.25) is 9.59 Å². The Morgan fingerprint density at radius 3 is 1.38 bits per heavy atom. The molecule has 0 spiro atoms. The molecule has 0 aliphatic heterocycles. The molecule has 0 bridgehead atoms. The number of rotatable bonds is 31. The van der Waals surface area contributed by atoms with Crippen LogP contribution in [0, 0.1) is 0 Å². The third-order valence-electron chi connectivity index (χ3n) is 7.74. The number of carbonyl (C=O) groups excluding carboxylic acids is 1. The Morgan fingerprint density at radius 2 is 0.923 bits per heavy atom. The first-order chi connectivity index (χ1) is 19.1. The molecular formula is C35H66O4. The number of ether oxygens (including phenoxy) is 1. The first-order valence-corrected chi connectivity index (χ1v) is 17.2. The average Bonchev–Trinajstić information content (AvgIpc) is 2.91. The van der Waals surface area contributed by atoms with Gasteiger partial charge in [-0.25, -0.2) is 0 Å². The number of carbonyl (C=O) groups is 2. The second kappa shape index (κ2) is 31.2. The molecule has 0 aromatic rings. The summed E-state index contributed by atoms with van der Waals surface area (Å²) in [4.78, 5) is 23.2. The largest absolute Gasteiger partial charge is 0.481 e. The van der Waals surface area contributed by atoms with E-state index < -0.39 is 5.97 Å². The Morgan fingerprint density at radius 1 is 0.538 bits per heavy atom. The second-order valence-electron chi connectivity index (χ2n) is 11.7. The van der Waals surface area contributed by atoms with Crippen LogP contribution in [-0.2, 0) is 14.3 Å². The van der Waals surface area contributed by atoms with Crippen LogP contribution in [0.2, 0.25) is 0 Å². The normalized spacial score (nSPS) is 12.3. The molecule has 1 unspecified atom stereocenters. The van der Waals surface area contributed by atoms with Gasteiger partial charge in [0.1, 0.15) is 6.10 Å². The van der Waals surface area contributed by atoms with E-state index in [9.17, 15) is 9.59 Å². The van der Waals surface area contributed by atoms with Gasteiger partial charge in [0.25, 0.3) is 0 Å². The number of hydrogen-bond donors (Lipinski definition) is 1. The van der Waals surface area contributed by atoms with Crippen molar-refractivity contribution in [3.05, 3.63) is 12.2 Å². The highest BCUT2D eigenvalue weighted by Crippen LogP contribution is 2.18. The van der Waals surface area contributed by atoms with Gasteiger partial charge in [0, 0.05) is 12.8 Å². The van der Waals surface area contributed by atoms with Crippen molar-refractivity contribution in [1.82, 2.24) is 0 Å². The maximum atomic E-state index is 12.5. The molecule has 0 rings (SSSR count). The fourth-order valence-corrected chi connectivity index (χ4v) is 5.18. The predicted molar refractivity (Wildman–Crippen MR) is 167 cm³/mol. The van der Waals surface area contributed by atoms with E-state index in [1.807, 2.05) is 0 Å². The van der Waals surface area contributed by atoms with Crippen molar-refractivity contribution < 1.29 is 19.4 Å². The number of carboxylic acid groups (broad SMARTS) is 1. The van der Waals surface area contributed by atoms with Gasteiger partial charge in [0.15, 0.2) is 0 Å². The fourth-order valence-electron chi connectivity index (χ4n) is 5.18.